The Hall–Kier alpha value is -4.54. The summed E-state index contributed by atoms with van der Waals surface area (Å²) in [4.78, 5) is 25.8. The summed E-state index contributed by atoms with van der Waals surface area (Å²) in [6.07, 6.45) is 11.7. The minimum Gasteiger partial charge on any atom is -0.495 e. The van der Waals surface area contributed by atoms with E-state index in [1.165, 1.54) is 0 Å². The number of carbonyl (C=O) groups excluding carboxylic acids is 1. The van der Waals surface area contributed by atoms with Gasteiger partial charge in [0, 0.05) is 40.9 Å². The smallest absolute Gasteiger partial charge is 0.309 e. The minimum absolute atomic E-state index is 0.0950. The van der Waals surface area contributed by atoms with Crippen LogP contribution in [0.5, 0.6) is 5.75 Å². The average molecular weight is 540 g/mol. The van der Waals surface area contributed by atoms with Crippen molar-refractivity contribution in [2.75, 3.05) is 55.0 Å². The first-order chi connectivity index (χ1) is 19.1. The minimum atomic E-state index is -0.978. The first-order valence-corrected chi connectivity index (χ1v) is 12.3. The molecule has 0 radical (unpaired) electrons. The van der Waals surface area contributed by atoms with E-state index in [2.05, 4.69) is 31.2 Å². The van der Waals surface area contributed by atoms with E-state index >= 15 is 0 Å². The molecule has 2 aromatic heterocycles. The predicted molar refractivity (Wildman–Crippen MR) is 144 cm³/mol. The molecule has 8 nitrogen and oxygen atoms in total. The molecule has 1 aliphatic carbocycles. The maximum atomic E-state index is 14.3. The summed E-state index contributed by atoms with van der Waals surface area (Å²) < 4.78 is 40.9. The van der Waals surface area contributed by atoms with Crippen molar-refractivity contribution in [2.24, 2.45) is 0 Å². The van der Waals surface area contributed by atoms with Crippen molar-refractivity contribution < 1.29 is 27.5 Å². The number of methoxy groups -OCH3 is 1. The standard InChI is InChI=1S/C28H28FN5O3.F2/c1-36-24-11-7-6-10-22(24)33-14-16-34(17-15-33)25-13-12-21(18-31-25)30-19-23(35)26-27(29)37-28(32-26)20-8-4-2-3-5-9-20;1-2/h2-4,6-13,18,30H,5,14-17,19H2,1H3;. The van der Waals surface area contributed by atoms with Crippen molar-refractivity contribution in [3.8, 4) is 5.75 Å². The highest BCUT2D eigenvalue weighted by molar-refractivity contribution is 5.97. The topological polar surface area (TPSA) is 83.7 Å². The van der Waals surface area contributed by atoms with E-state index in [0.29, 0.717) is 17.7 Å². The van der Waals surface area contributed by atoms with Crippen LogP contribution in [0, 0.1) is 6.01 Å². The number of carbonyl (C=O) groups is 1. The predicted octanol–water partition coefficient (Wildman–Crippen LogP) is 5.58. The molecule has 3 aromatic rings. The van der Waals surface area contributed by atoms with Gasteiger partial charge >= 0.3 is 6.01 Å². The van der Waals surface area contributed by atoms with Crippen molar-refractivity contribution in [2.45, 2.75) is 6.42 Å². The molecule has 0 amide bonds. The molecule has 1 aliphatic heterocycles. The highest BCUT2D eigenvalue weighted by Crippen LogP contribution is 2.29. The molecule has 1 N–H and O–H groups in total. The van der Waals surface area contributed by atoms with Crippen LogP contribution in [0.15, 0.2) is 77.4 Å². The lowest BCUT2D eigenvalue weighted by Crippen LogP contribution is -2.46. The van der Waals surface area contributed by atoms with Gasteiger partial charge in [-0.05, 0) is 36.8 Å². The van der Waals surface area contributed by atoms with Crippen LogP contribution in [0.3, 0.4) is 0 Å². The van der Waals surface area contributed by atoms with Crippen LogP contribution in [-0.2, 0) is 0 Å². The summed E-state index contributed by atoms with van der Waals surface area (Å²) >= 11 is 0. The molecule has 0 bridgehead atoms. The Morgan fingerprint density at radius 1 is 1.08 bits per heavy atom. The molecule has 39 heavy (non-hydrogen) atoms. The maximum Gasteiger partial charge on any atom is 0.309 e. The average Bonchev–Trinajstić information content (AvgIpc) is 3.19. The number of nitrogens with zero attached hydrogens (tertiary/aromatic N) is 4. The number of oxazole rings is 1. The van der Waals surface area contributed by atoms with Crippen molar-refractivity contribution in [3.05, 3.63) is 90.6 Å². The van der Waals surface area contributed by atoms with Crippen LogP contribution in [0.4, 0.5) is 30.7 Å². The molecule has 1 fully saturated rings. The van der Waals surface area contributed by atoms with E-state index in [1.807, 2.05) is 54.6 Å². The number of nitrogens with one attached hydrogen (secondary N) is 1. The summed E-state index contributed by atoms with van der Waals surface area (Å²) in [5.41, 5.74) is 2.08. The molecule has 11 heteroatoms. The Morgan fingerprint density at radius 3 is 2.59 bits per heavy atom. The Balaban J connectivity index is 0.00000172. The molecule has 0 atom stereocenters. The first kappa shape index (κ1) is 27.5. The number of allylic oxidation sites excluding steroid dienone is 6. The zero-order valence-electron chi connectivity index (χ0n) is 21.3. The number of benzene rings is 1. The lowest BCUT2D eigenvalue weighted by atomic mass is 10.2. The zero-order valence-corrected chi connectivity index (χ0v) is 21.3. The number of piperazine rings is 1. The number of hydrogen-bond donors (Lipinski definition) is 1. The Bertz CT molecular complexity index is 1350. The molecule has 1 saturated heterocycles. The zero-order chi connectivity index (χ0) is 27.6. The third-order valence-electron chi connectivity index (χ3n) is 6.32. The fourth-order valence-corrected chi connectivity index (χ4v) is 4.35. The van der Waals surface area contributed by atoms with Crippen LogP contribution in [-0.4, -0.2) is 55.6 Å². The molecule has 0 saturated carbocycles. The SMILES string of the molecule is COc1ccccc1N1CCN(c2ccc(NCC(=O)c3nc(C4=CCC=CC=C4)oc3F)cn2)CC1.FF. The normalized spacial score (nSPS) is 14.7. The van der Waals surface area contributed by atoms with E-state index < -0.39 is 11.8 Å². The lowest BCUT2D eigenvalue weighted by molar-refractivity contribution is 0.0995. The number of ether oxygens (including phenoxy) is 1. The molecule has 0 spiro atoms. The van der Waals surface area contributed by atoms with Gasteiger partial charge in [0.25, 0.3) is 0 Å². The van der Waals surface area contributed by atoms with E-state index in [0.717, 1.165) is 43.4 Å². The monoisotopic (exact) mass is 539 g/mol. The summed E-state index contributed by atoms with van der Waals surface area (Å²) in [7, 11) is 1.69. The van der Waals surface area contributed by atoms with Gasteiger partial charge < -0.3 is 24.3 Å². The summed E-state index contributed by atoms with van der Waals surface area (Å²) in [6, 6.07) is 10.8. The second-order valence-corrected chi connectivity index (χ2v) is 8.65. The Kier molecular flexibility index (Phi) is 9.39. The molecule has 204 valence electrons. The lowest BCUT2D eigenvalue weighted by Gasteiger charge is -2.37. The number of hydrogen-bond acceptors (Lipinski definition) is 8. The third-order valence-corrected chi connectivity index (χ3v) is 6.32. The van der Waals surface area contributed by atoms with Crippen LogP contribution >= 0.6 is 0 Å². The van der Waals surface area contributed by atoms with Crippen LogP contribution in [0.1, 0.15) is 22.8 Å². The van der Waals surface area contributed by atoms with Gasteiger partial charge in [0.2, 0.25) is 11.7 Å². The fraction of sp³-hybridized carbons (Fsp3) is 0.250. The fourth-order valence-electron chi connectivity index (χ4n) is 4.35. The Morgan fingerprint density at radius 2 is 1.85 bits per heavy atom. The van der Waals surface area contributed by atoms with E-state index in [9.17, 15) is 9.18 Å². The van der Waals surface area contributed by atoms with Gasteiger partial charge in [-0.2, -0.15) is 4.39 Å². The van der Waals surface area contributed by atoms with Crippen LogP contribution in [0.25, 0.3) is 5.57 Å². The summed E-state index contributed by atoms with van der Waals surface area (Å²) in [6.45, 7) is 3.23. The van der Waals surface area contributed by atoms with E-state index in [4.69, 9.17) is 18.3 Å². The van der Waals surface area contributed by atoms with Crippen molar-refractivity contribution in [1.29, 1.82) is 0 Å². The van der Waals surface area contributed by atoms with Crippen LogP contribution < -0.4 is 19.9 Å². The molecular weight excluding hydrogens is 511 g/mol. The van der Waals surface area contributed by atoms with Crippen LogP contribution in [0.2, 0.25) is 0 Å². The molecule has 5 rings (SSSR count). The molecule has 0 unspecified atom stereocenters. The van der Waals surface area contributed by atoms with Gasteiger partial charge in [-0.3, -0.25) is 4.79 Å². The first-order valence-electron chi connectivity index (χ1n) is 12.3. The summed E-state index contributed by atoms with van der Waals surface area (Å²) in [5, 5.41) is 3.00. The number of ketones is 1. The van der Waals surface area contributed by atoms with Gasteiger partial charge in [0.05, 0.1) is 31.2 Å². The highest BCUT2D eigenvalue weighted by Gasteiger charge is 2.22. The number of anilines is 3. The second kappa shape index (κ2) is 13.3. The quantitative estimate of drug-likeness (QED) is 0.372. The van der Waals surface area contributed by atoms with E-state index in [-0.39, 0.29) is 18.1 Å². The van der Waals surface area contributed by atoms with E-state index in [1.54, 1.807) is 19.4 Å². The Labute approximate surface area is 224 Å². The van der Waals surface area contributed by atoms with Crippen molar-refractivity contribution in [3.63, 3.8) is 0 Å². The van der Waals surface area contributed by atoms with Gasteiger partial charge in [-0.15, -0.1) is 0 Å². The molecular formula is C28H28F3N5O3. The largest absolute Gasteiger partial charge is 0.495 e. The van der Waals surface area contributed by atoms with Gasteiger partial charge in [-0.25, -0.2) is 9.97 Å². The van der Waals surface area contributed by atoms with Crippen molar-refractivity contribution >= 4 is 28.5 Å². The molecule has 3 heterocycles. The molecule has 1 aromatic carbocycles. The van der Waals surface area contributed by atoms with Gasteiger partial charge in [-0.1, -0.05) is 36.4 Å². The van der Waals surface area contributed by atoms with Gasteiger partial charge in [0.15, 0.2) is 5.69 Å². The number of rotatable bonds is 8. The van der Waals surface area contributed by atoms with Crippen molar-refractivity contribution in [1.82, 2.24) is 9.97 Å². The van der Waals surface area contributed by atoms with Gasteiger partial charge in [0.1, 0.15) is 11.6 Å². The number of Topliss-reactive ketones (excluding diaryl/α,β-unsaturated/α-hetero) is 1. The number of pyridine rings is 1. The summed E-state index contributed by atoms with van der Waals surface area (Å²) in [5.74, 6) is 1.33. The number of aromatic nitrogens is 2. The highest BCUT2D eigenvalue weighted by atomic mass is 20.0. The maximum absolute atomic E-state index is 14.3. The number of halogens is 3. The second-order valence-electron chi connectivity index (χ2n) is 8.65. The number of para-hydroxylation sites is 2. The third kappa shape index (κ3) is 6.67. The molecule has 2 aliphatic rings.